The summed E-state index contributed by atoms with van der Waals surface area (Å²) >= 11 is 6.15. The first kappa shape index (κ1) is 24.3. The summed E-state index contributed by atoms with van der Waals surface area (Å²) in [5.41, 5.74) is 13.6. The number of benzene rings is 3. The molecule has 0 saturated heterocycles. The third-order valence-electron chi connectivity index (χ3n) is 7.48. The third kappa shape index (κ3) is 3.69. The Hall–Kier alpha value is -4.07. The molecule has 0 spiro atoms. The van der Waals surface area contributed by atoms with E-state index >= 15 is 0 Å². The van der Waals surface area contributed by atoms with Gasteiger partial charge >= 0.3 is 0 Å². The Morgan fingerprint density at radius 3 is 2.55 bits per heavy atom. The first-order valence-electron chi connectivity index (χ1n) is 12.3. The molecule has 3 aromatic carbocycles. The van der Waals surface area contributed by atoms with E-state index in [1.54, 1.807) is 30.9 Å². The Morgan fingerprint density at radius 2 is 1.82 bits per heavy atom. The Kier molecular flexibility index (Phi) is 5.42. The lowest BCUT2D eigenvalue weighted by Gasteiger charge is -2.21. The van der Waals surface area contributed by atoms with E-state index in [2.05, 4.69) is 10.2 Å². The minimum atomic E-state index is -1.01. The molecule has 2 aliphatic rings. The summed E-state index contributed by atoms with van der Waals surface area (Å²) in [4.78, 5) is 27.3. The van der Waals surface area contributed by atoms with Gasteiger partial charge in [0.15, 0.2) is 5.69 Å². The van der Waals surface area contributed by atoms with Crippen LogP contribution in [0.25, 0.3) is 22.4 Å². The minimum absolute atomic E-state index is 0.104. The van der Waals surface area contributed by atoms with E-state index in [0.29, 0.717) is 29.2 Å². The van der Waals surface area contributed by atoms with E-state index in [1.165, 1.54) is 0 Å². The number of fused-ring (bicyclic) bond motifs is 4. The second-order valence-corrected chi connectivity index (χ2v) is 10.8. The molecule has 0 fully saturated rings. The van der Waals surface area contributed by atoms with Crippen LogP contribution in [0.5, 0.6) is 0 Å². The van der Waals surface area contributed by atoms with Gasteiger partial charge in [-0.3, -0.25) is 9.59 Å². The fraction of sp³-hybridized carbons (Fsp3) is 0.200. The fourth-order valence-electron chi connectivity index (χ4n) is 5.52. The van der Waals surface area contributed by atoms with Crippen molar-refractivity contribution in [3.05, 3.63) is 98.7 Å². The van der Waals surface area contributed by atoms with Crippen molar-refractivity contribution in [2.24, 2.45) is 5.73 Å². The fourth-order valence-corrected chi connectivity index (χ4v) is 5.69. The lowest BCUT2D eigenvalue weighted by Crippen LogP contribution is -2.24. The second kappa shape index (κ2) is 8.48. The molecule has 0 bridgehead atoms. The highest BCUT2D eigenvalue weighted by molar-refractivity contribution is 6.31. The van der Waals surface area contributed by atoms with Crippen LogP contribution in [0.2, 0.25) is 5.02 Å². The van der Waals surface area contributed by atoms with Crippen LogP contribution >= 0.6 is 11.6 Å². The average molecular weight is 525 g/mol. The van der Waals surface area contributed by atoms with Gasteiger partial charge < -0.3 is 15.7 Å². The van der Waals surface area contributed by atoms with Crippen LogP contribution in [-0.2, 0) is 18.6 Å². The minimum Gasteiger partial charge on any atom is -0.386 e. The molecule has 3 N–H and O–H groups in total. The van der Waals surface area contributed by atoms with Crippen LogP contribution in [-0.4, -0.2) is 27.1 Å². The van der Waals surface area contributed by atoms with E-state index < -0.39 is 11.5 Å². The highest BCUT2D eigenvalue weighted by Crippen LogP contribution is 2.45. The summed E-state index contributed by atoms with van der Waals surface area (Å²) < 4.78 is 0. The number of amides is 2. The zero-order valence-corrected chi connectivity index (χ0v) is 21.9. The number of halogens is 1. The van der Waals surface area contributed by atoms with Gasteiger partial charge in [0.1, 0.15) is 5.69 Å². The molecule has 8 heteroatoms. The van der Waals surface area contributed by atoms with Gasteiger partial charge in [-0.2, -0.15) is 0 Å². The molecule has 38 heavy (non-hydrogen) atoms. The lowest BCUT2D eigenvalue weighted by molar-refractivity contribution is 0.0785. The first-order valence-corrected chi connectivity index (χ1v) is 12.7. The summed E-state index contributed by atoms with van der Waals surface area (Å²) in [6.07, 6.45) is 0.453. The van der Waals surface area contributed by atoms with Gasteiger partial charge in [-0.1, -0.05) is 48.0 Å². The van der Waals surface area contributed by atoms with E-state index in [4.69, 9.17) is 17.3 Å². The average Bonchev–Trinajstić information content (AvgIpc) is 3.40. The van der Waals surface area contributed by atoms with Crippen molar-refractivity contribution < 1.29 is 14.7 Å². The number of aliphatic hydroxyl groups is 1. The van der Waals surface area contributed by atoms with Crippen molar-refractivity contribution in [3.8, 4) is 22.4 Å². The zero-order chi connectivity index (χ0) is 26.9. The SMILES string of the molecule is Cc1c(-c2nnc(C(N)=O)c3c2-c2ccc(C(C)(C)O)cc2C3)cccc1N1Cc2ccc(Cl)cc2C1=O. The number of rotatable bonds is 4. The largest absolute Gasteiger partial charge is 0.386 e. The van der Waals surface area contributed by atoms with Gasteiger partial charge in [-0.15, -0.1) is 10.2 Å². The van der Waals surface area contributed by atoms with Gasteiger partial charge in [-0.05, 0) is 72.4 Å². The topological polar surface area (TPSA) is 109 Å². The summed E-state index contributed by atoms with van der Waals surface area (Å²) in [6.45, 7) is 5.88. The number of carbonyl (C=O) groups excluding carboxylic acids is 2. The molecular weight excluding hydrogens is 500 g/mol. The summed E-state index contributed by atoms with van der Waals surface area (Å²) in [5, 5.41) is 19.8. The molecule has 0 radical (unpaired) electrons. The van der Waals surface area contributed by atoms with Crippen molar-refractivity contribution in [1.82, 2.24) is 10.2 Å². The summed E-state index contributed by atoms with van der Waals surface area (Å²) in [6, 6.07) is 16.9. The van der Waals surface area contributed by atoms with Crippen molar-refractivity contribution in [1.29, 1.82) is 0 Å². The number of carbonyl (C=O) groups is 2. The molecular formula is C30H25ClN4O3. The smallest absolute Gasteiger partial charge is 0.269 e. The molecule has 0 unspecified atom stereocenters. The van der Waals surface area contributed by atoms with Gasteiger partial charge in [0, 0.05) is 33.8 Å². The number of aromatic nitrogens is 2. The van der Waals surface area contributed by atoms with E-state index in [1.807, 2.05) is 49.4 Å². The maximum absolute atomic E-state index is 13.3. The monoisotopic (exact) mass is 524 g/mol. The number of nitrogens with zero attached hydrogens (tertiary/aromatic N) is 3. The van der Waals surface area contributed by atoms with Gasteiger partial charge in [0.2, 0.25) is 0 Å². The van der Waals surface area contributed by atoms with E-state index in [0.717, 1.165) is 50.2 Å². The summed E-state index contributed by atoms with van der Waals surface area (Å²) in [5.74, 6) is -0.743. The molecule has 0 atom stereocenters. The Labute approximate surface area is 224 Å². The number of nitrogens with two attached hydrogens (primary N) is 1. The van der Waals surface area contributed by atoms with Crippen LogP contribution < -0.4 is 10.6 Å². The number of hydrogen-bond acceptors (Lipinski definition) is 5. The van der Waals surface area contributed by atoms with Gasteiger partial charge in [0.05, 0.1) is 12.1 Å². The highest BCUT2D eigenvalue weighted by atomic mass is 35.5. The summed E-state index contributed by atoms with van der Waals surface area (Å²) in [7, 11) is 0. The molecule has 6 rings (SSSR count). The van der Waals surface area contributed by atoms with Crippen molar-refractivity contribution >= 4 is 29.1 Å². The van der Waals surface area contributed by atoms with Gasteiger partial charge in [0.25, 0.3) is 11.8 Å². The number of hydrogen-bond donors (Lipinski definition) is 2. The molecule has 7 nitrogen and oxygen atoms in total. The van der Waals surface area contributed by atoms with Crippen molar-refractivity contribution in [3.63, 3.8) is 0 Å². The molecule has 1 aliphatic heterocycles. The Morgan fingerprint density at radius 1 is 1.03 bits per heavy atom. The van der Waals surface area contributed by atoms with Crippen LogP contribution in [0.15, 0.2) is 54.6 Å². The second-order valence-electron chi connectivity index (χ2n) is 10.4. The number of primary amides is 1. The third-order valence-corrected chi connectivity index (χ3v) is 7.72. The number of anilines is 1. The molecule has 2 amide bonds. The molecule has 1 aliphatic carbocycles. The first-order chi connectivity index (χ1) is 18.0. The Balaban J connectivity index is 1.50. The maximum atomic E-state index is 13.3. The standard InChI is InChI=1S/C30H25ClN4O3/c1-15-20(5-4-6-24(15)35-14-16-7-9-19(31)13-22(16)29(35)37)26-25-21-10-8-18(30(2,3)38)11-17(21)12-23(25)27(28(32)36)34-33-26/h4-11,13,38H,12,14H2,1-3H3,(H2,32,36). The Bertz CT molecular complexity index is 1690. The van der Waals surface area contributed by atoms with E-state index in [9.17, 15) is 14.7 Å². The zero-order valence-electron chi connectivity index (χ0n) is 21.2. The van der Waals surface area contributed by atoms with Crippen LogP contribution in [0.4, 0.5) is 5.69 Å². The van der Waals surface area contributed by atoms with Crippen LogP contribution in [0.1, 0.15) is 62.5 Å². The van der Waals surface area contributed by atoms with E-state index in [-0.39, 0.29) is 11.6 Å². The van der Waals surface area contributed by atoms with Crippen molar-refractivity contribution in [2.75, 3.05) is 4.90 Å². The molecule has 4 aromatic rings. The van der Waals surface area contributed by atoms with Crippen molar-refractivity contribution in [2.45, 2.75) is 39.3 Å². The lowest BCUT2D eigenvalue weighted by atomic mass is 9.92. The molecule has 190 valence electrons. The predicted octanol–water partition coefficient (Wildman–Crippen LogP) is 5.16. The molecule has 1 aromatic heterocycles. The predicted molar refractivity (Wildman–Crippen MR) is 146 cm³/mol. The normalized spacial score (nSPS) is 13.9. The van der Waals surface area contributed by atoms with Gasteiger partial charge in [-0.25, -0.2) is 0 Å². The highest BCUT2D eigenvalue weighted by Gasteiger charge is 2.33. The quantitative estimate of drug-likeness (QED) is 0.337. The van der Waals surface area contributed by atoms with Crippen LogP contribution in [0, 0.1) is 6.92 Å². The molecule has 0 saturated carbocycles. The molecule has 2 heterocycles. The van der Waals surface area contributed by atoms with Crippen LogP contribution in [0.3, 0.4) is 0 Å². The maximum Gasteiger partial charge on any atom is 0.269 e.